The van der Waals surface area contributed by atoms with E-state index in [0.717, 1.165) is 38.2 Å². The van der Waals surface area contributed by atoms with E-state index in [1.807, 2.05) is 6.07 Å². The van der Waals surface area contributed by atoms with Crippen molar-refractivity contribution in [2.75, 3.05) is 29.5 Å². The first-order valence-electron chi connectivity index (χ1n) is 9.92. The fourth-order valence-corrected chi connectivity index (χ4v) is 4.18. The van der Waals surface area contributed by atoms with E-state index in [2.05, 4.69) is 52.9 Å². The SMILES string of the molecule is C[C@@H]1OCCN(c2cc(=O)[nH]c(N3CCC[C@@H]3Cc3ccccc3)n2)[C@@H]1C. The van der Waals surface area contributed by atoms with Gasteiger partial charge in [-0.1, -0.05) is 30.3 Å². The van der Waals surface area contributed by atoms with Gasteiger partial charge in [-0.05, 0) is 38.7 Å². The second-order valence-electron chi connectivity index (χ2n) is 7.62. The van der Waals surface area contributed by atoms with Crippen molar-refractivity contribution in [2.45, 2.75) is 51.3 Å². The number of nitrogens with one attached hydrogen (secondary N) is 1. The predicted octanol–water partition coefficient (Wildman–Crippen LogP) is 2.59. The Kier molecular flexibility index (Phi) is 5.16. The van der Waals surface area contributed by atoms with Crippen LogP contribution in [0.2, 0.25) is 0 Å². The van der Waals surface area contributed by atoms with Gasteiger partial charge in [0.2, 0.25) is 5.95 Å². The van der Waals surface area contributed by atoms with Gasteiger partial charge in [0.15, 0.2) is 0 Å². The summed E-state index contributed by atoms with van der Waals surface area (Å²) in [6, 6.07) is 12.7. The third kappa shape index (κ3) is 3.86. The fraction of sp³-hybridized carbons (Fsp3) is 0.524. The summed E-state index contributed by atoms with van der Waals surface area (Å²) in [5.74, 6) is 1.45. The molecular weight excluding hydrogens is 340 g/mol. The van der Waals surface area contributed by atoms with Crippen LogP contribution in [0.25, 0.3) is 0 Å². The highest BCUT2D eigenvalue weighted by atomic mass is 16.5. The molecule has 3 heterocycles. The zero-order chi connectivity index (χ0) is 18.8. The number of aromatic nitrogens is 2. The Morgan fingerprint density at radius 2 is 2.00 bits per heavy atom. The number of morpholine rings is 1. The molecule has 27 heavy (non-hydrogen) atoms. The number of hydrogen-bond acceptors (Lipinski definition) is 5. The van der Waals surface area contributed by atoms with Crippen molar-refractivity contribution in [3.63, 3.8) is 0 Å². The zero-order valence-corrected chi connectivity index (χ0v) is 16.1. The number of anilines is 2. The van der Waals surface area contributed by atoms with Crippen molar-refractivity contribution >= 4 is 11.8 Å². The number of rotatable bonds is 4. The Morgan fingerprint density at radius 3 is 2.81 bits per heavy atom. The smallest absolute Gasteiger partial charge is 0.254 e. The van der Waals surface area contributed by atoms with Gasteiger partial charge in [-0.25, -0.2) is 0 Å². The molecule has 4 rings (SSSR count). The molecule has 1 aromatic heterocycles. The normalized spacial score (nSPS) is 25.8. The van der Waals surface area contributed by atoms with E-state index in [4.69, 9.17) is 9.72 Å². The van der Waals surface area contributed by atoms with Crippen LogP contribution in [-0.4, -0.2) is 47.9 Å². The molecule has 6 heteroatoms. The van der Waals surface area contributed by atoms with Crippen LogP contribution < -0.4 is 15.4 Å². The van der Waals surface area contributed by atoms with Gasteiger partial charge < -0.3 is 14.5 Å². The maximum atomic E-state index is 12.4. The first kappa shape index (κ1) is 18.0. The molecule has 0 saturated carbocycles. The molecule has 6 nitrogen and oxygen atoms in total. The molecule has 0 unspecified atom stereocenters. The maximum Gasteiger partial charge on any atom is 0.254 e. The Balaban J connectivity index is 1.59. The second-order valence-corrected chi connectivity index (χ2v) is 7.62. The molecule has 2 aliphatic heterocycles. The van der Waals surface area contributed by atoms with E-state index in [0.29, 0.717) is 18.6 Å². The molecule has 0 amide bonds. The summed E-state index contributed by atoms with van der Waals surface area (Å²) in [6.45, 7) is 6.55. The molecule has 144 valence electrons. The minimum absolute atomic E-state index is 0.0910. The largest absolute Gasteiger partial charge is 0.375 e. The number of aromatic amines is 1. The summed E-state index contributed by atoms with van der Waals surface area (Å²) >= 11 is 0. The van der Waals surface area contributed by atoms with Crippen molar-refractivity contribution in [3.8, 4) is 0 Å². The Labute approximate surface area is 160 Å². The molecule has 1 N–H and O–H groups in total. The molecule has 0 bridgehead atoms. The molecule has 2 aromatic rings. The monoisotopic (exact) mass is 368 g/mol. The Morgan fingerprint density at radius 1 is 1.19 bits per heavy atom. The highest BCUT2D eigenvalue weighted by Crippen LogP contribution is 2.27. The highest BCUT2D eigenvalue weighted by molar-refractivity contribution is 5.46. The molecule has 3 atom stereocenters. The minimum atomic E-state index is -0.0910. The summed E-state index contributed by atoms with van der Waals surface area (Å²) in [6.07, 6.45) is 3.34. The first-order chi connectivity index (χ1) is 13.1. The number of H-pyrrole nitrogens is 1. The summed E-state index contributed by atoms with van der Waals surface area (Å²) < 4.78 is 5.72. The van der Waals surface area contributed by atoms with Gasteiger partial charge in [0, 0.05) is 25.2 Å². The van der Waals surface area contributed by atoms with E-state index in [9.17, 15) is 4.79 Å². The second kappa shape index (κ2) is 7.72. The molecule has 2 fully saturated rings. The van der Waals surface area contributed by atoms with Crippen LogP contribution >= 0.6 is 0 Å². The van der Waals surface area contributed by atoms with Crippen LogP contribution in [0.3, 0.4) is 0 Å². The van der Waals surface area contributed by atoms with Crippen LogP contribution in [-0.2, 0) is 11.2 Å². The van der Waals surface area contributed by atoms with Crippen LogP contribution in [0.4, 0.5) is 11.8 Å². The molecule has 0 radical (unpaired) electrons. The van der Waals surface area contributed by atoms with Gasteiger partial charge in [0.1, 0.15) is 5.82 Å². The van der Waals surface area contributed by atoms with Crippen molar-refractivity contribution in [2.24, 2.45) is 0 Å². The van der Waals surface area contributed by atoms with Gasteiger partial charge in [0.05, 0.1) is 18.8 Å². The van der Waals surface area contributed by atoms with E-state index in [-0.39, 0.29) is 17.7 Å². The number of benzene rings is 1. The summed E-state index contributed by atoms with van der Waals surface area (Å²) in [7, 11) is 0. The van der Waals surface area contributed by atoms with E-state index in [1.165, 1.54) is 5.56 Å². The van der Waals surface area contributed by atoms with Crippen molar-refractivity contribution in [3.05, 3.63) is 52.3 Å². The molecule has 0 spiro atoms. The van der Waals surface area contributed by atoms with Gasteiger partial charge in [-0.15, -0.1) is 0 Å². The van der Waals surface area contributed by atoms with Crippen molar-refractivity contribution in [1.29, 1.82) is 0 Å². The predicted molar refractivity (Wildman–Crippen MR) is 108 cm³/mol. The molecule has 0 aliphatic carbocycles. The molecule has 2 aliphatic rings. The number of ether oxygens (including phenoxy) is 1. The third-order valence-corrected chi connectivity index (χ3v) is 5.86. The van der Waals surface area contributed by atoms with E-state index in [1.54, 1.807) is 6.07 Å². The highest BCUT2D eigenvalue weighted by Gasteiger charge is 2.30. The summed E-state index contributed by atoms with van der Waals surface area (Å²) in [5.41, 5.74) is 1.23. The fourth-order valence-electron chi connectivity index (χ4n) is 4.18. The van der Waals surface area contributed by atoms with E-state index >= 15 is 0 Å². The van der Waals surface area contributed by atoms with Gasteiger partial charge >= 0.3 is 0 Å². The lowest BCUT2D eigenvalue weighted by atomic mass is 10.0. The van der Waals surface area contributed by atoms with Crippen LogP contribution in [0, 0.1) is 0 Å². The van der Waals surface area contributed by atoms with Gasteiger partial charge in [-0.2, -0.15) is 4.98 Å². The summed E-state index contributed by atoms with van der Waals surface area (Å²) in [4.78, 5) is 24.7. The minimum Gasteiger partial charge on any atom is -0.375 e. The van der Waals surface area contributed by atoms with Crippen LogP contribution in [0.5, 0.6) is 0 Å². The van der Waals surface area contributed by atoms with Crippen LogP contribution in [0.1, 0.15) is 32.3 Å². The van der Waals surface area contributed by atoms with Crippen molar-refractivity contribution < 1.29 is 4.74 Å². The topological polar surface area (TPSA) is 61.5 Å². The average molecular weight is 368 g/mol. The molecular formula is C21H28N4O2. The third-order valence-electron chi connectivity index (χ3n) is 5.86. The Hall–Kier alpha value is -2.34. The summed E-state index contributed by atoms with van der Waals surface area (Å²) in [5, 5.41) is 0. The Bertz CT molecular complexity index is 822. The molecule has 2 saturated heterocycles. The van der Waals surface area contributed by atoms with Gasteiger partial charge in [-0.3, -0.25) is 9.78 Å². The van der Waals surface area contributed by atoms with Crippen molar-refractivity contribution in [1.82, 2.24) is 9.97 Å². The lowest BCUT2D eigenvalue weighted by Gasteiger charge is -2.38. The first-order valence-corrected chi connectivity index (χ1v) is 9.92. The lowest BCUT2D eigenvalue weighted by molar-refractivity contribution is 0.0281. The standard InChI is InChI=1S/C21H28N4O2/c1-15-16(2)27-12-11-24(15)19-14-20(26)23-21(22-19)25-10-6-9-18(25)13-17-7-4-3-5-8-17/h3-5,7-8,14-16,18H,6,9-13H2,1-2H3,(H,22,23,26)/t15-,16+,18-/m1/s1. The lowest BCUT2D eigenvalue weighted by Crippen LogP contribution is -2.49. The average Bonchev–Trinajstić information content (AvgIpc) is 3.12. The van der Waals surface area contributed by atoms with Crippen LogP contribution in [0.15, 0.2) is 41.2 Å². The number of hydrogen-bond donors (Lipinski definition) is 1. The van der Waals surface area contributed by atoms with Gasteiger partial charge in [0.25, 0.3) is 5.56 Å². The maximum absolute atomic E-state index is 12.4. The molecule has 1 aromatic carbocycles. The zero-order valence-electron chi connectivity index (χ0n) is 16.1. The number of nitrogens with zero attached hydrogens (tertiary/aromatic N) is 3. The quantitative estimate of drug-likeness (QED) is 0.899. The van der Waals surface area contributed by atoms with E-state index < -0.39 is 0 Å².